The zero-order valence-electron chi connectivity index (χ0n) is 9.10. The number of nitro groups is 1. The number of nitro benzene ring substituents is 1. The van der Waals surface area contributed by atoms with E-state index in [9.17, 15) is 19.6 Å². The first-order valence-corrected chi connectivity index (χ1v) is 5.43. The summed E-state index contributed by atoms with van der Waals surface area (Å²) in [5.74, 6) is -1.40. The molecule has 2 rings (SSSR count). The maximum absolute atomic E-state index is 13.3. The van der Waals surface area contributed by atoms with Crippen LogP contribution in [0, 0.1) is 21.8 Å². The van der Waals surface area contributed by atoms with E-state index in [1.807, 2.05) is 0 Å². The molecule has 5 nitrogen and oxygen atoms in total. The van der Waals surface area contributed by atoms with E-state index in [1.165, 1.54) is 0 Å². The van der Waals surface area contributed by atoms with Crippen LogP contribution in [0.15, 0.2) is 12.1 Å². The molecule has 0 amide bonds. The van der Waals surface area contributed by atoms with E-state index in [1.54, 1.807) is 0 Å². The molecule has 6 heteroatoms. The van der Waals surface area contributed by atoms with E-state index in [0.717, 1.165) is 25.3 Å². The predicted octanol–water partition coefficient (Wildman–Crippen LogP) is 2.24. The van der Waals surface area contributed by atoms with Crippen LogP contribution in [0.5, 0.6) is 5.75 Å². The molecule has 1 saturated carbocycles. The summed E-state index contributed by atoms with van der Waals surface area (Å²) < 4.78 is 13.3. The lowest BCUT2D eigenvalue weighted by Crippen LogP contribution is -2.27. The first-order chi connectivity index (χ1) is 8.00. The van der Waals surface area contributed by atoms with Crippen LogP contribution in [0.2, 0.25) is 0 Å². The molecule has 92 valence electrons. The summed E-state index contributed by atoms with van der Waals surface area (Å²) in [7, 11) is 0. The Hall–Kier alpha value is -1.69. The van der Waals surface area contributed by atoms with Crippen LogP contribution < -0.4 is 5.73 Å². The van der Waals surface area contributed by atoms with Crippen LogP contribution in [-0.4, -0.2) is 10.0 Å². The van der Waals surface area contributed by atoms with Gasteiger partial charge in [-0.15, -0.1) is 0 Å². The minimum atomic E-state index is -0.996. The van der Waals surface area contributed by atoms with Gasteiger partial charge >= 0.3 is 0 Å². The predicted molar refractivity (Wildman–Crippen MR) is 59.0 cm³/mol. The van der Waals surface area contributed by atoms with Gasteiger partial charge in [0.1, 0.15) is 0 Å². The number of benzene rings is 1. The smallest absolute Gasteiger partial charge is 0.272 e. The minimum Gasteiger partial charge on any atom is -0.505 e. The average Bonchev–Trinajstić information content (AvgIpc) is 2.18. The summed E-state index contributed by atoms with van der Waals surface area (Å²) in [5.41, 5.74) is 5.63. The standard InChI is InChI=1S/C11H13FN2O3/c12-9-5-7(14(16)17)4-8(11(9)15)10(13)6-2-1-3-6/h4-6,10,15H,1-3,13H2/t10-/m1/s1. The van der Waals surface area contributed by atoms with E-state index < -0.39 is 22.5 Å². The number of rotatable bonds is 3. The topological polar surface area (TPSA) is 89.4 Å². The van der Waals surface area contributed by atoms with Crippen LogP contribution in [-0.2, 0) is 0 Å². The van der Waals surface area contributed by atoms with Crippen LogP contribution in [0.3, 0.4) is 0 Å². The van der Waals surface area contributed by atoms with Crippen molar-refractivity contribution >= 4 is 5.69 Å². The molecule has 1 aromatic rings. The molecule has 0 aromatic heterocycles. The van der Waals surface area contributed by atoms with Crippen molar-refractivity contribution < 1.29 is 14.4 Å². The Morgan fingerprint density at radius 3 is 2.65 bits per heavy atom. The highest BCUT2D eigenvalue weighted by atomic mass is 19.1. The van der Waals surface area contributed by atoms with E-state index in [2.05, 4.69) is 0 Å². The van der Waals surface area contributed by atoms with E-state index in [4.69, 9.17) is 5.73 Å². The Morgan fingerprint density at radius 2 is 2.18 bits per heavy atom. The van der Waals surface area contributed by atoms with Crippen molar-refractivity contribution in [2.24, 2.45) is 11.7 Å². The van der Waals surface area contributed by atoms with Gasteiger partial charge in [0.2, 0.25) is 0 Å². The maximum atomic E-state index is 13.3. The molecule has 3 N–H and O–H groups in total. The van der Waals surface area contributed by atoms with Crippen LogP contribution >= 0.6 is 0 Å². The Kier molecular flexibility index (Phi) is 2.97. The van der Waals surface area contributed by atoms with Gasteiger partial charge in [-0.25, -0.2) is 4.39 Å². The normalized spacial score (nSPS) is 17.5. The van der Waals surface area contributed by atoms with Crippen molar-refractivity contribution in [3.63, 3.8) is 0 Å². The first kappa shape index (κ1) is 11.8. The molecule has 1 aromatic carbocycles. The molecule has 0 bridgehead atoms. The lowest BCUT2D eigenvalue weighted by Gasteiger charge is -2.31. The molecule has 0 unspecified atom stereocenters. The zero-order valence-corrected chi connectivity index (χ0v) is 9.10. The molecule has 1 aliphatic carbocycles. The van der Waals surface area contributed by atoms with Crippen molar-refractivity contribution in [3.05, 3.63) is 33.6 Å². The highest BCUT2D eigenvalue weighted by molar-refractivity contribution is 5.46. The zero-order chi connectivity index (χ0) is 12.6. The SMILES string of the molecule is N[C@@H](c1cc([N+](=O)[O-])cc(F)c1O)C1CCC1. The summed E-state index contributed by atoms with van der Waals surface area (Å²) in [6, 6.07) is 1.31. The Balaban J connectivity index is 2.40. The lowest BCUT2D eigenvalue weighted by atomic mass is 9.77. The number of nitrogens with two attached hydrogens (primary N) is 1. The van der Waals surface area contributed by atoms with E-state index >= 15 is 0 Å². The fraction of sp³-hybridized carbons (Fsp3) is 0.455. The summed E-state index contributed by atoms with van der Waals surface area (Å²) in [6.07, 6.45) is 2.87. The van der Waals surface area contributed by atoms with Gasteiger partial charge in [0.05, 0.1) is 11.0 Å². The highest BCUT2D eigenvalue weighted by Gasteiger charge is 2.29. The van der Waals surface area contributed by atoms with Gasteiger partial charge in [-0.3, -0.25) is 10.1 Å². The summed E-state index contributed by atoms with van der Waals surface area (Å²) in [5, 5.41) is 20.2. The van der Waals surface area contributed by atoms with Gasteiger partial charge in [0.25, 0.3) is 5.69 Å². The molecule has 0 radical (unpaired) electrons. The number of aromatic hydroxyl groups is 1. The van der Waals surface area contributed by atoms with Crippen LogP contribution in [0.4, 0.5) is 10.1 Å². The van der Waals surface area contributed by atoms with Crippen LogP contribution in [0.25, 0.3) is 0 Å². The number of nitrogens with zero attached hydrogens (tertiary/aromatic N) is 1. The maximum Gasteiger partial charge on any atom is 0.272 e. The van der Waals surface area contributed by atoms with Gasteiger partial charge < -0.3 is 10.8 Å². The van der Waals surface area contributed by atoms with Crippen molar-refractivity contribution in [2.75, 3.05) is 0 Å². The summed E-state index contributed by atoms with van der Waals surface area (Å²) in [4.78, 5) is 9.91. The number of halogens is 1. The summed E-state index contributed by atoms with van der Waals surface area (Å²) in [6.45, 7) is 0. The largest absolute Gasteiger partial charge is 0.505 e. The molecule has 0 saturated heterocycles. The molecular weight excluding hydrogens is 227 g/mol. The van der Waals surface area contributed by atoms with Crippen molar-refractivity contribution in [1.29, 1.82) is 0 Å². The second-order valence-corrected chi connectivity index (χ2v) is 4.34. The fourth-order valence-electron chi connectivity index (χ4n) is 2.02. The monoisotopic (exact) mass is 240 g/mol. The Morgan fingerprint density at radius 1 is 1.53 bits per heavy atom. The molecule has 17 heavy (non-hydrogen) atoms. The Bertz CT molecular complexity index is 460. The average molecular weight is 240 g/mol. The number of non-ortho nitro benzene ring substituents is 1. The number of phenols is 1. The molecule has 1 fully saturated rings. The van der Waals surface area contributed by atoms with E-state index in [-0.39, 0.29) is 17.2 Å². The molecular formula is C11H13FN2O3. The van der Waals surface area contributed by atoms with Crippen molar-refractivity contribution in [2.45, 2.75) is 25.3 Å². The van der Waals surface area contributed by atoms with Crippen molar-refractivity contribution in [1.82, 2.24) is 0 Å². The summed E-state index contributed by atoms with van der Waals surface area (Å²) >= 11 is 0. The number of hydrogen-bond acceptors (Lipinski definition) is 4. The third kappa shape index (κ3) is 2.08. The fourth-order valence-corrected chi connectivity index (χ4v) is 2.02. The van der Waals surface area contributed by atoms with Gasteiger partial charge in [-0.05, 0) is 18.8 Å². The number of phenolic OH excluding ortho intramolecular Hbond substituents is 1. The van der Waals surface area contributed by atoms with Crippen molar-refractivity contribution in [3.8, 4) is 5.75 Å². The molecule has 1 aliphatic rings. The highest BCUT2D eigenvalue weighted by Crippen LogP contribution is 2.40. The first-order valence-electron chi connectivity index (χ1n) is 5.43. The Labute approximate surface area is 97.2 Å². The molecule has 0 heterocycles. The second-order valence-electron chi connectivity index (χ2n) is 4.34. The third-order valence-corrected chi connectivity index (χ3v) is 3.31. The quantitative estimate of drug-likeness (QED) is 0.626. The molecule has 0 aliphatic heterocycles. The van der Waals surface area contributed by atoms with Gasteiger partial charge in [-0.2, -0.15) is 0 Å². The van der Waals surface area contributed by atoms with E-state index in [0.29, 0.717) is 6.07 Å². The van der Waals surface area contributed by atoms with Gasteiger partial charge in [0, 0.05) is 17.7 Å². The number of hydrogen-bond donors (Lipinski definition) is 2. The lowest BCUT2D eigenvalue weighted by molar-refractivity contribution is -0.385. The van der Waals surface area contributed by atoms with Crippen LogP contribution in [0.1, 0.15) is 30.9 Å². The second kappa shape index (κ2) is 4.29. The minimum absolute atomic E-state index is 0.126. The van der Waals surface area contributed by atoms with Gasteiger partial charge in [0.15, 0.2) is 11.6 Å². The molecule has 0 spiro atoms. The van der Waals surface area contributed by atoms with Gasteiger partial charge in [-0.1, -0.05) is 6.42 Å². The third-order valence-electron chi connectivity index (χ3n) is 3.31. The molecule has 1 atom stereocenters.